The molecule has 0 aromatic rings. The molecule has 2 fully saturated rings. The third-order valence-corrected chi connectivity index (χ3v) is 3.89. The van der Waals surface area contributed by atoms with Gasteiger partial charge in [-0.05, 0) is 0 Å². The topological polar surface area (TPSA) is 229 Å². The van der Waals surface area contributed by atoms with Crippen molar-refractivity contribution >= 4 is 11.9 Å². The van der Waals surface area contributed by atoms with E-state index < -0.39 is 73.4 Å². The zero-order chi connectivity index (χ0) is 19.0. The average molecular weight is 424 g/mol. The molecule has 6 N–H and O–H groups in total. The summed E-state index contributed by atoms with van der Waals surface area (Å²) in [6.45, 7) is 0. The molecule has 0 bridgehead atoms. The Bertz CT molecular complexity index is 517. The fraction of sp³-hybridized carbons (Fsp3) is 0.833. The molecule has 26 heavy (non-hydrogen) atoms. The maximum Gasteiger partial charge on any atom is 2.00 e. The van der Waals surface area contributed by atoms with Crippen molar-refractivity contribution in [2.75, 3.05) is 0 Å². The minimum absolute atomic E-state index is 0. The van der Waals surface area contributed by atoms with Crippen LogP contribution in [0.2, 0.25) is 0 Å². The van der Waals surface area contributed by atoms with Crippen molar-refractivity contribution in [1.29, 1.82) is 0 Å². The molecule has 0 unspecified atom stereocenters. The molecule has 2 aliphatic heterocycles. The average Bonchev–Trinajstić information content (AvgIpc) is 2.54. The standard InChI is InChI=1S/C12H18O13.Fe/c13-1-2(14)7(9(18)19)25-12(5(1)17)24-6-3(15)4(16)11(22)23-8(6)10(20)21;/h1-8,11-17,22H,(H,18,19)(H,20,21);/q;+2/p-2/t1-,2-,3+,4+,5+,6-,7-,8-,11+,12-;/m0./s1. The molecule has 2 heterocycles. The summed E-state index contributed by atoms with van der Waals surface area (Å²) < 4.78 is 14.2. The van der Waals surface area contributed by atoms with Crippen LogP contribution in [0.25, 0.3) is 0 Å². The van der Waals surface area contributed by atoms with Crippen LogP contribution in [-0.2, 0) is 40.9 Å². The van der Waals surface area contributed by atoms with Gasteiger partial charge in [0.2, 0.25) is 0 Å². The molecule has 2 rings (SSSR count). The normalized spacial score (nSPS) is 46.2. The zero-order valence-corrected chi connectivity index (χ0v) is 13.8. The first-order chi connectivity index (χ1) is 11.6. The molecule has 0 radical (unpaired) electrons. The molecular weight excluding hydrogens is 408 g/mol. The molecule has 10 atom stereocenters. The van der Waals surface area contributed by atoms with E-state index in [0.29, 0.717) is 0 Å². The Balaban J connectivity index is 0.00000338. The Kier molecular flexibility index (Phi) is 7.88. The first kappa shape index (κ1) is 23.1. The van der Waals surface area contributed by atoms with Crippen molar-refractivity contribution in [3.63, 3.8) is 0 Å². The first-order valence-corrected chi connectivity index (χ1v) is 7.02. The molecular formula is C12H16FeO13. The van der Waals surface area contributed by atoms with Crippen LogP contribution >= 0.6 is 0 Å². The smallest absolute Gasteiger partial charge is 0.547 e. The van der Waals surface area contributed by atoms with Gasteiger partial charge in [-0.3, -0.25) is 0 Å². The predicted molar refractivity (Wildman–Crippen MR) is 64.5 cm³/mol. The van der Waals surface area contributed by atoms with Crippen LogP contribution in [0.1, 0.15) is 0 Å². The van der Waals surface area contributed by atoms with Gasteiger partial charge in [0.15, 0.2) is 12.6 Å². The minimum Gasteiger partial charge on any atom is -0.547 e. The number of aliphatic hydroxyl groups is 6. The number of hydrogen-bond acceptors (Lipinski definition) is 13. The monoisotopic (exact) mass is 424 g/mol. The molecule has 0 aromatic heterocycles. The summed E-state index contributed by atoms with van der Waals surface area (Å²) in [5.41, 5.74) is 0. The summed E-state index contributed by atoms with van der Waals surface area (Å²) in [6, 6.07) is 0. The number of carbonyl (C=O) groups is 2. The number of aliphatic carboxylic acids is 2. The van der Waals surface area contributed by atoms with Gasteiger partial charge in [0.1, 0.15) is 48.8 Å². The minimum atomic E-state index is -2.14. The van der Waals surface area contributed by atoms with Crippen LogP contribution in [0.15, 0.2) is 0 Å². The SMILES string of the molecule is O=C([O-])[C@H]1O[C@H](O[C@H]2[C@H](O)[C@@H](O)[C@H](O)O[C@@H]2C(=O)[O-])[C@H](O)[C@@H](O)[C@@H]1O.[Fe+2]. The van der Waals surface area contributed by atoms with Gasteiger partial charge in [0.25, 0.3) is 0 Å². The van der Waals surface area contributed by atoms with Gasteiger partial charge in [-0.25, -0.2) is 0 Å². The van der Waals surface area contributed by atoms with E-state index in [1.165, 1.54) is 0 Å². The van der Waals surface area contributed by atoms with E-state index >= 15 is 0 Å². The largest absolute Gasteiger partial charge is 2.00 e. The van der Waals surface area contributed by atoms with Gasteiger partial charge in [-0.1, -0.05) is 0 Å². The Hall–Kier alpha value is -0.901. The van der Waals surface area contributed by atoms with E-state index in [1.54, 1.807) is 0 Å². The second kappa shape index (κ2) is 8.86. The van der Waals surface area contributed by atoms with Gasteiger partial charge in [0.05, 0.1) is 11.9 Å². The number of aliphatic hydroxyl groups excluding tert-OH is 6. The Morgan fingerprint density at radius 3 is 1.77 bits per heavy atom. The van der Waals surface area contributed by atoms with E-state index in [4.69, 9.17) is 9.47 Å². The van der Waals surface area contributed by atoms with Crippen LogP contribution in [0, 0.1) is 0 Å². The molecule has 0 aromatic carbocycles. The van der Waals surface area contributed by atoms with Crippen molar-refractivity contribution < 1.29 is 81.7 Å². The molecule has 2 saturated heterocycles. The van der Waals surface area contributed by atoms with Crippen LogP contribution in [0.5, 0.6) is 0 Å². The van der Waals surface area contributed by atoms with E-state index in [1.807, 2.05) is 0 Å². The van der Waals surface area contributed by atoms with Gasteiger partial charge in [-0.2, -0.15) is 0 Å². The fourth-order valence-corrected chi connectivity index (χ4v) is 2.50. The van der Waals surface area contributed by atoms with Gasteiger partial charge in [-0.15, -0.1) is 0 Å². The maximum absolute atomic E-state index is 11.1. The van der Waals surface area contributed by atoms with Crippen molar-refractivity contribution in [1.82, 2.24) is 0 Å². The van der Waals surface area contributed by atoms with Crippen LogP contribution in [-0.4, -0.2) is 104 Å². The number of carboxylic acid groups (broad SMARTS) is 2. The van der Waals surface area contributed by atoms with Crippen molar-refractivity contribution in [3.8, 4) is 0 Å². The Morgan fingerprint density at radius 2 is 1.27 bits per heavy atom. The van der Waals surface area contributed by atoms with E-state index in [9.17, 15) is 50.4 Å². The summed E-state index contributed by atoms with van der Waals surface area (Å²) in [4.78, 5) is 21.9. The first-order valence-electron chi connectivity index (χ1n) is 7.02. The molecule has 150 valence electrons. The van der Waals surface area contributed by atoms with Gasteiger partial charge in [0, 0.05) is 0 Å². The number of carbonyl (C=O) groups excluding carboxylic acids is 2. The van der Waals surface area contributed by atoms with Crippen molar-refractivity contribution in [2.45, 2.75) is 61.4 Å². The van der Waals surface area contributed by atoms with Gasteiger partial charge >= 0.3 is 17.1 Å². The molecule has 0 saturated carbocycles. The molecule has 0 spiro atoms. The second-order valence-electron chi connectivity index (χ2n) is 5.56. The third kappa shape index (κ3) is 4.32. The third-order valence-electron chi connectivity index (χ3n) is 3.89. The Labute approximate surface area is 155 Å². The van der Waals surface area contributed by atoms with Crippen LogP contribution < -0.4 is 10.2 Å². The predicted octanol–water partition coefficient (Wildman–Crippen LogP) is -7.88. The molecule has 14 heteroatoms. The van der Waals surface area contributed by atoms with Gasteiger partial charge < -0.3 is 64.7 Å². The van der Waals surface area contributed by atoms with Crippen molar-refractivity contribution in [2.24, 2.45) is 0 Å². The molecule has 0 amide bonds. The van der Waals surface area contributed by atoms with E-state index in [0.717, 1.165) is 0 Å². The van der Waals surface area contributed by atoms with Crippen molar-refractivity contribution in [3.05, 3.63) is 0 Å². The summed E-state index contributed by atoms with van der Waals surface area (Å²) in [5, 5.41) is 79.6. The fourth-order valence-electron chi connectivity index (χ4n) is 2.50. The molecule has 0 aliphatic carbocycles. The quantitative estimate of drug-likeness (QED) is 0.231. The summed E-state index contributed by atoms with van der Waals surface area (Å²) >= 11 is 0. The van der Waals surface area contributed by atoms with E-state index in [2.05, 4.69) is 4.74 Å². The molecule has 13 nitrogen and oxygen atoms in total. The summed E-state index contributed by atoms with van der Waals surface area (Å²) in [6.07, 6.45) is -20.6. The summed E-state index contributed by atoms with van der Waals surface area (Å²) in [5.74, 6) is -3.92. The zero-order valence-electron chi connectivity index (χ0n) is 12.7. The number of ether oxygens (including phenoxy) is 3. The van der Waals surface area contributed by atoms with Crippen LogP contribution in [0.4, 0.5) is 0 Å². The molecule has 2 aliphatic rings. The van der Waals surface area contributed by atoms with E-state index in [-0.39, 0.29) is 17.1 Å². The van der Waals surface area contributed by atoms with Crippen LogP contribution in [0.3, 0.4) is 0 Å². The maximum atomic E-state index is 11.1. The number of rotatable bonds is 4. The number of carboxylic acids is 2. The number of hydrogen-bond donors (Lipinski definition) is 6. The summed E-state index contributed by atoms with van der Waals surface area (Å²) in [7, 11) is 0. The second-order valence-corrected chi connectivity index (χ2v) is 5.56. The Morgan fingerprint density at radius 1 is 0.731 bits per heavy atom.